The van der Waals surface area contributed by atoms with Gasteiger partial charge in [0.05, 0.1) is 5.41 Å². The Morgan fingerprint density at radius 3 is 2.12 bits per heavy atom. The summed E-state index contributed by atoms with van der Waals surface area (Å²) in [6, 6.07) is 7.79. The molecular weight excluding hydrogens is 326 g/mol. The van der Waals surface area contributed by atoms with Crippen molar-refractivity contribution in [3.05, 3.63) is 29.8 Å². The third-order valence-corrected chi connectivity index (χ3v) is 6.75. The zero-order valence-corrected chi connectivity index (χ0v) is 15.8. The maximum atomic E-state index is 12.9. The van der Waals surface area contributed by atoms with Gasteiger partial charge < -0.3 is 10.1 Å². The molecule has 0 spiro atoms. The number of carbonyl (C=O) groups excluding carboxylic acids is 2. The van der Waals surface area contributed by atoms with E-state index in [-0.39, 0.29) is 17.3 Å². The average molecular weight is 355 g/mol. The lowest BCUT2D eigenvalue weighted by Gasteiger charge is -2.55. The summed E-state index contributed by atoms with van der Waals surface area (Å²) in [5.41, 5.74) is 1.65. The molecule has 4 saturated carbocycles. The smallest absolute Gasteiger partial charge is 0.312 e. The van der Waals surface area contributed by atoms with Crippen molar-refractivity contribution in [1.82, 2.24) is 0 Å². The number of hydrogen-bond acceptors (Lipinski definition) is 3. The van der Waals surface area contributed by atoms with E-state index < -0.39 is 6.10 Å². The summed E-state index contributed by atoms with van der Waals surface area (Å²) in [6.07, 6.45) is 6.96. The highest BCUT2D eigenvalue weighted by Crippen LogP contribution is 2.60. The fourth-order valence-electron chi connectivity index (χ4n) is 5.77. The number of hydrogen-bond donors (Lipinski definition) is 1. The number of aryl methyl sites for hydroxylation is 1. The van der Waals surface area contributed by atoms with Crippen LogP contribution in [-0.2, 0) is 20.7 Å². The Morgan fingerprint density at radius 2 is 1.62 bits per heavy atom. The molecule has 1 N–H and O–H groups in total. The minimum Gasteiger partial charge on any atom is -0.452 e. The lowest BCUT2D eigenvalue weighted by Crippen LogP contribution is -2.51. The number of carbonyl (C=O) groups is 2. The van der Waals surface area contributed by atoms with Crippen molar-refractivity contribution in [2.75, 3.05) is 5.32 Å². The van der Waals surface area contributed by atoms with E-state index in [1.165, 1.54) is 24.8 Å². The van der Waals surface area contributed by atoms with Crippen LogP contribution in [-0.4, -0.2) is 18.0 Å². The van der Waals surface area contributed by atoms with Crippen LogP contribution in [0.2, 0.25) is 0 Å². The van der Waals surface area contributed by atoms with Gasteiger partial charge in [-0.05, 0) is 87.3 Å². The zero-order chi connectivity index (χ0) is 18.3. The molecule has 1 amide bonds. The van der Waals surface area contributed by atoms with Gasteiger partial charge in [-0.25, -0.2) is 0 Å². The van der Waals surface area contributed by atoms with Crippen LogP contribution in [0, 0.1) is 23.2 Å². The molecular formula is C22H29NO3. The lowest BCUT2D eigenvalue weighted by molar-refractivity contribution is -0.177. The number of rotatable bonds is 5. The fourth-order valence-corrected chi connectivity index (χ4v) is 5.77. The zero-order valence-electron chi connectivity index (χ0n) is 15.8. The van der Waals surface area contributed by atoms with Gasteiger partial charge in [-0.1, -0.05) is 19.1 Å². The average Bonchev–Trinajstić information content (AvgIpc) is 2.61. The van der Waals surface area contributed by atoms with Crippen LogP contribution in [0.4, 0.5) is 5.69 Å². The second-order valence-corrected chi connectivity index (χ2v) is 8.79. The van der Waals surface area contributed by atoms with E-state index >= 15 is 0 Å². The monoisotopic (exact) mass is 355 g/mol. The first-order valence-corrected chi connectivity index (χ1v) is 10.1. The van der Waals surface area contributed by atoms with Gasteiger partial charge in [-0.2, -0.15) is 0 Å². The summed E-state index contributed by atoms with van der Waals surface area (Å²) in [6.45, 7) is 3.77. The van der Waals surface area contributed by atoms with Crippen LogP contribution in [0.1, 0.15) is 57.9 Å². The number of nitrogens with one attached hydrogen (secondary N) is 1. The molecule has 0 aliphatic heterocycles. The first kappa shape index (κ1) is 17.6. The Balaban J connectivity index is 1.37. The first-order chi connectivity index (χ1) is 12.5. The van der Waals surface area contributed by atoms with Crippen LogP contribution in [0.3, 0.4) is 0 Å². The van der Waals surface area contributed by atoms with Crippen molar-refractivity contribution in [2.24, 2.45) is 23.2 Å². The molecule has 5 rings (SSSR count). The number of amides is 1. The standard InChI is InChI=1S/C22H29NO3/c1-3-15-4-6-19(7-5-15)23-20(24)14(2)26-21(25)22-11-16-8-17(12-22)10-18(9-16)13-22/h4-7,14,16-18H,3,8-13H2,1-2H3,(H,23,24)/t14-,16?,17?,18?,22?/m1/s1. The van der Waals surface area contributed by atoms with E-state index in [2.05, 4.69) is 12.2 Å². The predicted octanol–water partition coefficient (Wildman–Crippen LogP) is 4.34. The van der Waals surface area contributed by atoms with Gasteiger partial charge in [0.15, 0.2) is 6.10 Å². The Bertz CT molecular complexity index is 659. The van der Waals surface area contributed by atoms with Gasteiger partial charge in [0.25, 0.3) is 5.91 Å². The number of esters is 1. The molecule has 4 aliphatic rings. The van der Waals surface area contributed by atoms with Crippen molar-refractivity contribution < 1.29 is 14.3 Å². The molecule has 140 valence electrons. The Kier molecular flexibility index (Phi) is 4.54. The molecule has 0 saturated heterocycles. The highest BCUT2D eigenvalue weighted by molar-refractivity contribution is 5.95. The minimum absolute atomic E-state index is 0.138. The molecule has 4 heteroatoms. The highest BCUT2D eigenvalue weighted by Gasteiger charge is 2.55. The van der Waals surface area contributed by atoms with Crippen LogP contribution in [0.25, 0.3) is 0 Å². The van der Waals surface area contributed by atoms with Crippen molar-refractivity contribution in [2.45, 2.75) is 64.9 Å². The molecule has 4 bridgehead atoms. The van der Waals surface area contributed by atoms with Crippen LogP contribution < -0.4 is 5.32 Å². The van der Waals surface area contributed by atoms with E-state index in [0.717, 1.165) is 31.4 Å². The van der Waals surface area contributed by atoms with Crippen molar-refractivity contribution >= 4 is 17.6 Å². The Labute approximate surface area is 155 Å². The summed E-state index contributed by atoms with van der Waals surface area (Å²) >= 11 is 0. The maximum absolute atomic E-state index is 12.9. The number of anilines is 1. The minimum atomic E-state index is -0.763. The molecule has 0 radical (unpaired) electrons. The predicted molar refractivity (Wildman–Crippen MR) is 101 cm³/mol. The summed E-state index contributed by atoms with van der Waals surface area (Å²) in [5.74, 6) is 1.67. The van der Waals surface area contributed by atoms with E-state index in [0.29, 0.717) is 17.8 Å². The van der Waals surface area contributed by atoms with E-state index in [9.17, 15) is 9.59 Å². The fraction of sp³-hybridized carbons (Fsp3) is 0.636. The second kappa shape index (κ2) is 6.71. The molecule has 0 heterocycles. The van der Waals surface area contributed by atoms with E-state index in [4.69, 9.17) is 4.74 Å². The van der Waals surface area contributed by atoms with Crippen molar-refractivity contribution in [3.63, 3.8) is 0 Å². The molecule has 0 unspecified atom stereocenters. The normalized spacial score (nSPS) is 32.9. The number of benzene rings is 1. The van der Waals surface area contributed by atoms with Gasteiger partial charge in [-0.3, -0.25) is 9.59 Å². The molecule has 4 aliphatic carbocycles. The summed E-state index contributed by atoms with van der Waals surface area (Å²) in [7, 11) is 0. The Morgan fingerprint density at radius 1 is 1.08 bits per heavy atom. The van der Waals surface area contributed by atoms with Gasteiger partial charge in [-0.15, -0.1) is 0 Å². The SMILES string of the molecule is CCc1ccc(NC(=O)[C@@H](C)OC(=O)C23CC4CC(CC(C4)C2)C3)cc1. The van der Waals surface area contributed by atoms with E-state index in [1.54, 1.807) is 6.92 Å². The topological polar surface area (TPSA) is 55.4 Å². The molecule has 1 aromatic rings. The maximum Gasteiger partial charge on any atom is 0.312 e. The van der Waals surface area contributed by atoms with E-state index in [1.807, 2.05) is 24.3 Å². The second-order valence-electron chi connectivity index (χ2n) is 8.79. The summed E-state index contributed by atoms with van der Waals surface area (Å²) < 4.78 is 5.66. The molecule has 4 nitrogen and oxygen atoms in total. The largest absolute Gasteiger partial charge is 0.452 e. The van der Waals surface area contributed by atoms with Gasteiger partial charge in [0.2, 0.25) is 0 Å². The van der Waals surface area contributed by atoms with Gasteiger partial charge in [0.1, 0.15) is 0 Å². The highest BCUT2D eigenvalue weighted by atomic mass is 16.5. The lowest BCUT2D eigenvalue weighted by atomic mass is 9.49. The van der Waals surface area contributed by atoms with Crippen molar-refractivity contribution in [1.29, 1.82) is 0 Å². The summed E-state index contributed by atoms with van der Waals surface area (Å²) in [5, 5.41) is 2.86. The van der Waals surface area contributed by atoms with Crippen LogP contribution in [0.15, 0.2) is 24.3 Å². The molecule has 1 atom stereocenters. The van der Waals surface area contributed by atoms with Gasteiger partial charge >= 0.3 is 5.97 Å². The molecule has 26 heavy (non-hydrogen) atoms. The molecule has 4 fully saturated rings. The van der Waals surface area contributed by atoms with Crippen LogP contribution >= 0.6 is 0 Å². The van der Waals surface area contributed by atoms with Crippen LogP contribution in [0.5, 0.6) is 0 Å². The third kappa shape index (κ3) is 3.26. The summed E-state index contributed by atoms with van der Waals surface area (Å²) in [4.78, 5) is 25.4. The third-order valence-electron chi connectivity index (χ3n) is 6.75. The Hall–Kier alpha value is -1.84. The van der Waals surface area contributed by atoms with Gasteiger partial charge in [0, 0.05) is 5.69 Å². The molecule has 0 aromatic heterocycles. The quantitative estimate of drug-likeness (QED) is 0.800. The first-order valence-electron chi connectivity index (χ1n) is 10.1. The molecule has 1 aromatic carbocycles. The van der Waals surface area contributed by atoms with Crippen molar-refractivity contribution in [3.8, 4) is 0 Å². The number of ether oxygens (including phenoxy) is 1.